The molecule has 2 atom stereocenters. The Bertz CT molecular complexity index is 935. The summed E-state index contributed by atoms with van der Waals surface area (Å²) < 4.78 is 11.1. The van der Waals surface area contributed by atoms with E-state index in [2.05, 4.69) is 35.1 Å². The zero-order valence-corrected chi connectivity index (χ0v) is 18.4. The van der Waals surface area contributed by atoms with Crippen molar-refractivity contribution in [1.82, 2.24) is 15.8 Å². The number of ether oxygens (including phenoxy) is 2. The van der Waals surface area contributed by atoms with Crippen molar-refractivity contribution in [2.24, 2.45) is 0 Å². The van der Waals surface area contributed by atoms with Gasteiger partial charge in [0.1, 0.15) is 13.2 Å². The summed E-state index contributed by atoms with van der Waals surface area (Å²) in [4.78, 5) is 14.2. The van der Waals surface area contributed by atoms with Crippen molar-refractivity contribution in [3.05, 3.63) is 64.7 Å². The Kier molecular flexibility index (Phi) is 7.12. The predicted molar refractivity (Wildman–Crippen MR) is 122 cm³/mol. The number of hydrogen-bond donors (Lipinski definition) is 2. The van der Waals surface area contributed by atoms with Crippen LogP contribution in [0.5, 0.6) is 11.5 Å². The maximum atomic E-state index is 12.5. The number of likely N-dealkylation sites (N-methyl/N-ethyl adjacent to an activating group) is 1. The van der Waals surface area contributed by atoms with Gasteiger partial charge in [0.15, 0.2) is 11.5 Å². The van der Waals surface area contributed by atoms with Gasteiger partial charge < -0.3 is 14.4 Å². The highest BCUT2D eigenvalue weighted by Gasteiger charge is 2.24. The zero-order chi connectivity index (χ0) is 21.6. The quantitative estimate of drug-likeness (QED) is 0.636. The topological polar surface area (TPSA) is 62.8 Å². The van der Waals surface area contributed by atoms with Crippen LogP contribution < -0.4 is 20.3 Å². The van der Waals surface area contributed by atoms with E-state index in [-0.39, 0.29) is 5.91 Å². The van der Waals surface area contributed by atoms with Crippen molar-refractivity contribution in [2.75, 3.05) is 26.8 Å². The monoisotopic (exact) mass is 441 g/mol. The summed E-state index contributed by atoms with van der Waals surface area (Å²) in [6.45, 7) is 1.69. The molecule has 0 bridgehead atoms. The van der Waals surface area contributed by atoms with Crippen LogP contribution in [-0.4, -0.2) is 43.7 Å². The smallest absolute Gasteiger partial charge is 0.246 e. The van der Waals surface area contributed by atoms with Crippen LogP contribution in [0, 0.1) is 0 Å². The Balaban J connectivity index is 1.23. The lowest BCUT2D eigenvalue weighted by atomic mass is 10.00. The van der Waals surface area contributed by atoms with Gasteiger partial charge in [-0.3, -0.25) is 15.6 Å². The lowest BCUT2D eigenvalue weighted by molar-refractivity contribution is -0.124. The molecule has 1 amide bonds. The molecule has 0 spiro atoms. The number of nitrogens with one attached hydrogen (secondary N) is 2. The third-order valence-corrected chi connectivity index (χ3v) is 5.92. The second-order valence-corrected chi connectivity index (χ2v) is 8.35. The summed E-state index contributed by atoms with van der Waals surface area (Å²) in [5.74, 6) is 1.15. The molecular weight excluding hydrogens is 414 g/mol. The number of benzene rings is 2. The van der Waals surface area contributed by atoms with Gasteiger partial charge in [0.05, 0.1) is 5.02 Å². The first-order valence-electron chi connectivity index (χ1n) is 10.7. The summed E-state index contributed by atoms with van der Waals surface area (Å²) >= 11 is 6.26. The van der Waals surface area contributed by atoms with E-state index < -0.39 is 0 Å². The molecule has 2 aliphatic rings. The zero-order valence-electron chi connectivity index (χ0n) is 17.6. The van der Waals surface area contributed by atoms with Crippen LogP contribution in [0.25, 0.3) is 6.08 Å². The minimum atomic E-state index is -0.0364. The summed E-state index contributed by atoms with van der Waals surface area (Å²) in [5, 5.41) is 0.490. The van der Waals surface area contributed by atoms with Gasteiger partial charge in [0.25, 0.3) is 0 Å². The van der Waals surface area contributed by atoms with Crippen LogP contribution >= 0.6 is 11.6 Å². The average Bonchev–Trinajstić information content (AvgIpc) is 3.27. The van der Waals surface area contributed by atoms with E-state index in [9.17, 15) is 4.79 Å². The van der Waals surface area contributed by atoms with Gasteiger partial charge in [0.2, 0.25) is 5.91 Å². The van der Waals surface area contributed by atoms with Crippen molar-refractivity contribution < 1.29 is 14.3 Å². The first kappa shape index (κ1) is 21.7. The molecule has 164 valence electrons. The number of carbonyl (C=O) groups excluding carboxylic acids is 1. The van der Waals surface area contributed by atoms with Crippen molar-refractivity contribution in [3.63, 3.8) is 0 Å². The molecule has 1 fully saturated rings. The fourth-order valence-corrected chi connectivity index (χ4v) is 4.20. The standard InChI is InChI=1S/C24H28ClN3O3/c1-28(11-5-8-19-16-21(27-26-19)18-6-3-2-4-7-18)23(29)10-9-17-14-20(25)24-22(15-17)30-12-13-31-24/h2-4,6-7,9-10,14-15,19,21,26-27H,5,8,11-13,16H2,1H3/b10-9+. The predicted octanol–water partition coefficient (Wildman–Crippen LogP) is 3.97. The van der Waals surface area contributed by atoms with Gasteiger partial charge in [0, 0.05) is 31.8 Å². The molecule has 0 aliphatic carbocycles. The maximum absolute atomic E-state index is 12.5. The number of fused-ring (bicyclic) bond motifs is 1. The minimum Gasteiger partial charge on any atom is -0.486 e. The lowest BCUT2D eigenvalue weighted by Gasteiger charge is -2.19. The summed E-state index contributed by atoms with van der Waals surface area (Å²) in [5.41, 5.74) is 8.87. The number of amides is 1. The van der Waals surface area contributed by atoms with Crippen LogP contribution in [-0.2, 0) is 4.79 Å². The number of halogens is 1. The molecule has 0 saturated carbocycles. The Hall–Kier alpha value is -2.54. The first-order chi connectivity index (χ1) is 15.1. The highest BCUT2D eigenvalue weighted by Crippen LogP contribution is 2.38. The first-order valence-corrected chi connectivity index (χ1v) is 11.1. The molecule has 0 aromatic heterocycles. The van der Waals surface area contributed by atoms with Crippen LogP contribution in [0.2, 0.25) is 5.02 Å². The third kappa shape index (κ3) is 5.58. The summed E-state index contributed by atoms with van der Waals surface area (Å²) in [7, 11) is 1.83. The van der Waals surface area contributed by atoms with Gasteiger partial charge in [-0.1, -0.05) is 41.9 Å². The van der Waals surface area contributed by atoms with Crippen molar-refractivity contribution in [1.29, 1.82) is 0 Å². The molecule has 2 aliphatic heterocycles. The molecule has 1 saturated heterocycles. The molecular formula is C24H28ClN3O3. The number of carbonyl (C=O) groups is 1. The number of nitrogens with zero attached hydrogens (tertiary/aromatic N) is 1. The molecule has 2 N–H and O–H groups in total. The Morgan fingerprint density at radius 2 is 2.00 bits per heavy atom. The highest BCUT2D eigenvalue weighted by atomic mass is 35.5. The number of hydrazine groups is 1. The van der Waals surface area contributed by atoms with Gasteiger partial charge >= 0.3 is 0 Å². The maximum Gasteiger partial charge on any atom is 0.246 e. The average molecular weight is 442 g/mol. The van der Waals surface area contributed by atoms with Crippen LogP contribution in [0.15, 0.2) is 48.5 Å². The lowest BCUT2D eigenvalue weighted by Crippen LogP contribution is -2.32. The highest BCUT2D eigenvalue weighted by molar-refractivity contribution is 6.32. The fraction of sp³-hybridized carbons (Fsp3) is 0.375. The molecule has 2 aromatic carbocycles. The largest absolute Gasteiger partial charge is 0.486 e. The number of hydrogen-bond acceptors (Lipinski definition) is 5. The molecule has 2 heterocycles. The van der Waals surface area contributed by atoms with E-state index in [0.717, 1.165) is 24.8 Å². The number of rotatable bonds is 7. The van der Waals surface area contributed by atoms with E-state index in [0.29, 0.717) is 48.4 Å². The molecule has 0 radical (unpaired) electrons. The van der Waals surface area contributed by atoms with Gasteiger partial charge in [-0.05, 0) is 48.6 Å². The molecule has 2 unspecified atom stereocenters. The van der Waals surface area contributed by atoms with E-state index in [1.807, 2.05) is 19.2 Å². The molecule has 7 heteroatoms. The van der Waals surface area contributed by atoms with Crippen LogP contribution in [0.4, 0.5) is 0 Å². The van der Waals surface area contributed by atoms with Crippen molar-refractivity contribution in [2.45, 2.75) is 31.3 Å². The van der Waals surface area contributed by atoms with Gasteiger partial charge in [-0.2, -0.15) is 0 Å². The van der Waals surface area contributed by atoms with Crippen LogP contribution in [0.1, 0.15) is 36.4 Å². The van der Waals surface area contributed by atoms with Gasteiger partial charge in [-0.25, -0.2) is 0 Å². The SMILES string of the molecule is CN(CCCC1CC(c2ccccc2)NN1)C(=O)/C=C/c1cc(Cl)c2c(c1)OCCO2. The fourth-order valence-electron chi connectivity index (χ4n) is 3.92. The Labute approximate surface area is 188 Å². The molecule has 2 aromatic rings. The third-order valence-electron chi connectivity index (χ3n) is 5.64. The van der Waals surface area contributed by atoms with Crippen molar-refractivity contribution >= 4 is 23.6 Å². The van der Waals surface area contributed by atoms with E-state index in [1.165, 1.54) is 5.56 Å². The molecule has 6 nitrogen and oxygen atoms in total. The van der Waals surface area contributed by atoms with Gasteiger partial charge in [-0.15, -0.1) is 0 Å². The summed E-state index contributed by atoms with van der Waals surface area (Å²) in [6, 6.07) is 14.8. The van der Waals surface area contributed by atoms with Crippen LogP contribution in [0.3, 0.4) is 0 Å². The van der Waals surface area contributed by atoms with E-state index in [4.69, 9.17) is 21.1 Å². The second kappa shape index (κ2) is 10.2. The normalized spacial score (nSPS) is 20.2. The van der Waals surface area contributed by atoms with E-state index >= 15 is 0 Å². The summed E-state index contributed by atoms with van der Waals surface area (Å²) in [6.07, 6.45) is 6.33. The Morgan fingerprint density at radius 3 is 2.84 bits per heavy atom. The Morgan fingerprint density at radius 1 is 1.19 bits per heavy atom. The molecule has 4 rings (SSSR count). The minimum absolute atomic E-state index is 0.0364. The van der Waals surface area contributed by atoms with E-state index in [1.54, 1.807) is 23.1 Å². The second-order valence-electron chi connectivity index (χ2n) is 7.95. The molecule has 31 heavy (non-hydrogen) atoms. The van der Waals surface area contributed by atoms with Crippen molar-refractivity contribution in [3.8, 4) is 11.5 Å².